The van der Waals surface area contributed by atoms with Crippen molar-refractivity contribution in [1.82, 2.24) is 0 Å². The molecule has 0 saturated heterocycles. The Hall–Kier alpha value is -2.48. The molecule has 0 aliphatic rings. The molecule has 0 unspecified atom stereocenters. The van der Waals surface area contributed by atoms with Crippen molar-refractivity contribution in [3.05, 3.63) is 41.9 Å². The first kappa shape index (κ1) is 41.5. The van der Waals surface area contributed by atoms with Crippen LogP contribution < -0.4 is 4.74 Å². The molecular weight excluding hydrogens is 635 g/mol. The van der Waals surface area contributed by atoms with Gasteiger partial charge in [-0.3, -0.25) is 4.79 Å². The maximum Gasteiger partial charge on any atom is 0.313 e. The smallest absolute Gasteiger partial charge is 0.313 e. The molecule has 0 aliphatic heterocycles. The van der Waals surface area contributed by atoms with Crippen LogP contribution in [0.1, 0.15) is 6.42 Å². The van der Waals surface area contributed by atoms with Crippen LogP contribution >= 0.6 is 0 Å². The van der Waals surface area contributed by atoms with Gasteiger partial charge in [0.15, 0.2) is 0 Å². The minimum Gasteiger partial charge on any atom is -0.499 e. The lowest BCUT2D eigenvalue weighted by Crippen LogP contribution is -2.16. The van der Waals surface area contributed by atoms with Crippen molar-refractivity contribution in [2.75, 3.05) is 126 Å². The van der Waals surface area contributed by atoms with Gasteiger partial charge in [0, 0.05) is 0 Å². The van der Waals surface area contributed by atoms with Gasteiger partial charge in [0.25, 0.3) is 0 Å². The fourth-order valence-electron chi connectivity index (χ4n) is 3.05. The van der Waals surface area contributed by atoms with Crippen LogP contribution in [0.5, 0.6) is 5.75 Å². The van der Waals surface area contributed by atoms with E-state index in [1.54, 1.807) is 0 Å². The molecule has 0 radical (unpaired) electrons. The molecule has 266 valence electrons. The quantitative estimate of drug-likeness (QED) is 0.0212. The molecule has 0 aromatic heterocycles. The summed E-state index contributed by atoms with van der Waals surface area (Å²) in [7, 11) is 0. The van der Waals surface area contributed by atoms with Gasteiger partial charge in [-0.1, -0.05) is 6.58 Å². The van der Waals surface area contributed by atoms with Gasteiger partial charge in [-0.2, -0.15) is 8.78 Å². The molecule has 0 spiro atoms. The Bertz CT molecular complexity index is 915. The fourth-order valence-corrected chi connectivity index (χ4v) is 3.05. The summed E-state index contributed by atoms with van der Waals surface area (Å²) in [6.45, 7) is 10.3. The number of ether oxygens (including phenoxy) is 11. The molecule has 1 aromatic carbocycles. The standard InChI is InChI=1S/C29H43F5O12/c1-2-36-5-6-38-9-10-40-13-14-42-17-18-44-21-22-45-20-19-43-16-15-41-12-11-39-8-7-37-4-3-23(35)46-29-27(33)25(31)24(30)26(32)28(29)34/h2H,1,3-22H2. The molecule has 0 heterocycles. The van der Waals surface area contributed by atoms with Gasteiger partial charge in [0.2, 0.25) is 34.8 Å². The molecule has 1 aromatic rings. The highest BCUT2D eigenvalue weighted by Crippen LogP contribution is 2.29. The predicted molar refractivity (Wildman–Crippen MR) is 150 cm³/mol. The Kier molecular flexibility index (Phi) is 25.9. The first-order valence-electron chi connectivity index (χ1n) is 14.5. The molecule has 0 N–H and O–H groups in total. The summed E-state index contributed by atoms with van der Waals surface area (Å²) in [6.07, 6.45) is 0.886. The number of carbonyl (C=O) groups excluding carboxylic acids is 1. The monoisotopic (exact) mass is 678 g/mol. The van der Waals surface area contributed by atoms with Crippen molar-refractivity contribution in [3.8, 4) is 5.75 Å². The number of esters is 1. The van der Waals surface area contributed by atoms with Crippen LogP contribution in [-0.2, 0) is 52.2 Å². The van der Waals surface area contributed by atoms with E-state index in [1.807, 2.05) is 0 Å². The van der Waals surface area contributed by atoms with E-state index in [9.17, 15) is 26.7 Å². The summed E-state index contributed by atoms with van der Waals surface area (Å²) in [4.78, 5) is 11.6. The summed E-state index contributed by atoms with van der Waals surface area (Å²) in [5, 5.41) is 0. The number of carbonyl (C=O) groups is 1. The van der Waals surface area contributed by atoms with Gasteiger partial charge in [0.1, 0.15) is 6.61 Å². The van der Waals surface area contributed by atoms with Gasteiger partial charge in [-0.25, -0.2) is 13.2 Å². The highest BCUT2D eigenvalue weighted by Gasteiger charge is 2.28. The number of hydrogen-bond donors (Lipinski definition) is 0. The van der Waals surface area contributed by atoms with Gasteiger partial charge >= 0.3 is 5.97 Å². The molecule has 0 bridgehead atoms. The summed E-state index contributed by atoms with van der Waals surface area (Å²) in [6, 6.07) is 0. The predicted octanol–water partition coefficient (Wildman–Crippen LogP) is 2.99. The largest absolute Gasteiger partial charge is 0.499 e. The molecule has 12 nitrogen and oxygen atoms in total. The van der Waals surface area contributed by atoms with Crippen LogP contribution in [0, 0.1) is 29.1 Å². The number of benzene rings is 1. The topological polar surface area (TPSA) is 119 Å². The zero-order valence-corrected chi connectivity index (χ0v) is 25.7. The van der Waals surface area contributed by atoms with Crippen LogP contribution in [0.4, 0.5) is 22.0 Å². The first-order chi connectivity index (χ1) is 22.4. The summed E-state index contributed by atoms with van der Waals surface area (Å²) in [5.41, 5.74) is 0. The summed E-state index contributed by atoms with van der Waals surface area (Å²) >= 11 is 0. The van der Waals surface area contributed by atoms with Crippen molar-refractivity contribution in [2.24, 2.45) is 0 Å². The van der Waals surface area contributed by atoms with Crippen molar-refractivity contribution >= 4 is 5.97 Å². The third kappa shape index (κ3) is 20.6. The maximum absolute atomic E-state index is 13.5. The van der Waals surface area contributed by atoms with Crippen LogP contribution in [0.15, 0.2) is 12.8 Å². The maximum atomic E-state index is 13.5. The van der Waals surface area contributed by atoms with E-state index < -0.39 is 47.2 Å². The molecule has 0 atom stereocenters. The number of halogens is 5. The molecular formula is C29H43F5O12. The van der Waals surface area contributed by atoms with Crippen molar-refractivity contribution in [1.29, 1.82) is 0 Å². The van der Waals surface area contributed by atoms with E-state index >= 15 is 0 Å². The van der Waals surface area contributed by atoms with E-state index in [-0.39, 0.29) is 26.4 Å². The third-order valence-corrected chi connectivity index (χ3v) is 5.28. The van der Waals surface area contributed by atoms with E-state index in [0.29, 0.717) is 99.1 Å². The Morgan fingerprint density at radius 2 is 0.696 bits per heavy atom. The van der Waals surface area contributed by atoms with Crippen LogP contribution in [0.3, 0.4) is 0 Å². The molecule has 46 heavy (non-hydrogen) atoms. The second-order valence-corrected chi connectivity index (χ2v) is 8.67. The Balaban J connectivity index is 1.77. The number of hydrogen-bond acceptors (Lipinski definition) is 12. The second kappa shape index (κ2) is 28.7. The van der Waals surface area contributed by atoms with E-state index in [4.69, 9.17) is 47.4 Å². The van der Waals surface area contributed by atoms with Crippen molar-refractivity contribution in [3.63, 3.8) is 0 Å². The van der Waals surface area contributed by atoms with E-state index in [2.05, 4.69) is 11.3 Å². The van der Waals surface area contributed by atoms with Crippen LogP contribution in [0.2, 0.25) is 0 Å². The molecule has 0 saturated carbocycles. The van der Waals surface area contributed by atoms with Crippen molar-refractivity contribution in [2.45, 2.75) is 6.42 Å². The molecule has 0 aliphatic carbocycles. The van der Waals surface area contributed by atoms with Crippen LogP contribution in [0.25, 0.3) is 0 Å². The normalized spacial score (nSPS) is 11.2. The highest BCUT2D eigenvalue weighted by atomic mass is 19.2. The number of rotatable bonds is 32. The minimum absolute atomic E-state index is 0.0818. The zero-order chi connectivity index (χ0) is 33.7. The van der Waals surface area contributed by atoms with Gasteiger partial charge < -0.3 is 52.1 Å². The fraction of sp³-hybridized carbons (Fsp3) is 0.690. The minimum atomic E-state index is -2.35. The lowest BCUT2D eigenvalue weighted by Gasteiger charge is -2.09. The first-order valence-corrected chi connectivity index (χ1v) is 14.5. The Labute approximate surface area is 264 Å². The third-order valence-electron chi connectivity index (χ3n) is 5.28. The second-order valence-electron chi connectivity index (χ2n) is 8.67. The summed E-state index contributed by atoms with van der Waals surface area (Å²) < 4.78 is 123. The SMILES string of the molecule is C=COCCOCCOCCOCCOCCOCCOCCOCCOCCOCCC(=O)Oc1c(F)c(F)c(F)c(F)c1F. The van der Waals surface area contributed by atoms with Crippen molar-refractivity contribution < 1.29 is 78.9 Å². The van der Waals surface area contributed by atoms with Gasteiger partial charge in [-0.05, 0) is 0 Å². The van der Waals surface area contributed by atoms with Gasteiger partial charge in [0.05, 0.1) is 132 Å². The molecule has 1 rings (SSSR count). The van der Waals surface area contributed by atoms with Crippen LogP contribution in [-0.4, -0.2) is 132 Å². The average Bonchev–Trinajstić information content (AvgIpc) is 3.05. The van der Waals surface area contributed by atoms with Gasteiger partial charge in [-0.15, -0.1) is 0 Å². The molecule has 0 amide bonds. The summed E-state index contributed by atoms with van der Waals surface area (Å²) in [5.74, 6) is -14.1. The molecule has 0 fully saturated rings. The van der Waals surface area contributed by atoms with E-state index in [1.165, 1.54) is 6.26 Å². The zero-order valence-electron chi connectivity index (χ0n) is 25.7. The lowest BCUT2D eigenvalue weighted by molar-refractivity contribution is -0.136. The molecule has 17 heteroatoms. The average molecular weight is 679 g/mol. The lowest BCUT2D eigenvalue weighted by atomic mass is 10.2. The Morgan fingerprint density at radius 1 is 0.435 bits per heavy atom. The Morgan fingerprint density at radius 3 is 1.00 bits per heavy atom. The van der Waals surface area contributed by atoms with E-state index in [0.717, 1.165) is 0 Å². The highest BCUT2D eigenvalue weighted by molar-refractivity contribution is 5.72.